The summed E-state index contributed by atoms with van der Waals surface area (Å²) >= 11 is 0. The Hall–Kier alpha value is -1.95. The summed E-state index contributed by atoms with van der Waals surface area (Å²) in [5.74, 6) is -0.443. The van der Waals surface area contributed by atoms with Gasteiger partial charge in [-0.3, -0.25) is 24.6 Å². The van der Waals surface area contributed by atoms with E-state index in [4.69, 9.17) is 0 Å². The second kappa shape index (κ2) is 5.79. The van der Waals surface area contributed by atoms with Crippen molar-refractivity contribution in [3.63, 3.8) is 0 Å². The Bertz CT molecular complexity index is 538. The van der Waals surface area contributed by atoms with Gasteiger partial charge in [-0.2, -0.15) is 0 Å². The Morgan fingerprint density at radius 2 is 2.05 bits per heavy atom. The first-order valence-corrected chi connectivity index (χ1v) is 6.36. The molecule has 1 fully saturated rings. The van der Waals surface area contributed by atoms with E-state index in [-0.39, 0.29) is 36.5 Å². The standard InChI is InChI=1S/C13H17N3O3/c1-2-10-13(19)16(12(18)9-14-10)8-7-15-6-4-3-5-11(15)17/h3-6,10,14H,2,7-9H2,1H3. The van der Waals surface area contributed by atoms with Crippen LogP contribution in [0.4, 0.5) is 0 Å². The molecule has 0 bridgehead atoms. The van der Waals surface area contributed by atoms with Gasteiger partial charge in [0.05, 0.1) is 12.6 Å². The van der Waals surface area contributed by atoms with Gasteiger partial charge >= 0.3 is 0 Å². The molecule has 0 aliphatic carbocycles. The molecule has 1 aromatic rings. The second-order valence-corrected chi connectivity index (χ2v) is 4.46. The predicted octanol–water partition coefficient (Wildman–Crippen LogP) is -0.415. The number of hydrogen-bond acceptors (Lipinski definition) is 4. The number of piperazine rings is 1. The van der Waals surface area contributed by atoms with Crippen LogP contribution in [0, 0.1) is 0 Å². The van der Waals surface area contributed by atoms with E-state index in [9.17, 15) is 14.4 Å². The van der Waals surface area contributed by atoms with Crippen molar-refractivity contribution in [3.05, 3.63) is 34.7 Å². The van der Waals surface area contributed by atoms with Gasteiger partial charge in [-0.1, -0.05) is 13.0 Å². The minimum atomic E-state index is -0.301. The molecule has 19 heavy (non-hydrogen) atoms. The molecule has 1 aromatic heterocycles. The van der Waals surface area contributed by atoms with E-state index >= 15 is 0 Å². The Labute approximate surface area is 111 Å². The number of carbonyl (C=O) groups excluding carboxylic acids is 2. The summed E-state index contributed by atoms with van der Waals surface area (Å²) in [6, 6.07) is 4.56. The van der Waals surface area contributed by atoms with Gasteiger partial charge < -0.3 is 4.57 Å². The van der Waals surface area contributed by atoms with Gasteiger partial charge in [0.1, 0.15) is 0 Å². The Kier molecular flexibility index (Phi) is 4.11. The summed E-state index contributed by atoms with van der Waals surface area (Å²) in [7, 11) is 0. The summed E-state index contributed by atoms with van der Waals surface area (Å²) in [6.07, 6.45) is 2.30. The first kappa shape index (κ1) is 13.5. The Balaban J connectivity index is 2.05. The number of nitrogens with zero attached hydrogens (tertiary/aromatic N) is 2. The summed E-state index contributed by atoms with van der Waals surface area (Å²) in [5, 5.41) is 2.90. The Morgan fingerprint density at radius 1 is 1.26 bits per heavy atom. The molecule has 0 radical (unpaired) electrons. The number of nitrogens with one attached hydrogen (secondary N) is 1. The summed E-state index contributed by atoms with van der Waals surface area (Å²) in [4.78, 5) is 36.5. The highest BCUT2D eigenvalue weighted by Crippen LogP contribution is 2.06. The number of imide groups is 1. The van der Waals surface area contributed by atoms with Crippen LogP contribution in [0.1, 0.15) is 13.3 Å². The van der Waals surface area contributed by atoms with Crippen molar-refractivity contribution < 1.29 is 9.59 Å². The van der Waals surface area contributed by atoms with Crippen LogP contribution in [0.25, 0.3) is 0 Å². The van der Waals surface area contributed by atoms with E-state index in [0.29, 0.717) is 13.0 Å². The zero-order valence-electron chi connectivity index (χ0n) is 10.8. The molecule has 2 heterocycles. The molecule has 1 saturated heterocycles. The van der Waals surface area contributed by atoms with E-state index in [1.54, 1.807) is 18.3 Å². The number of pyridine rings is 1. The quantitative estimate of drug-likeness (QED) is 0.749. The molecule has 2 rings (SSSR count). The lowest BCUT2D eigenvalue weighted by Gasteiger charge is -2.31. The zero-order valence-corrected chi connectivity index (χ0v) is 10.8. The van der Waals surface area contributed by atoms with Crippen LogP contribution >= 0.6 is 0 Å². The van der Waals surface area contributed by atoms with Crippen LogP contribution in [-0.2, 0) is 16.1 Å². The van der Waals surface area contributed by atoms with E-state index < -0.39 is 0 Å². The van der Waals surface area contributed by atoms with Crippen LogP contribution < -0.4 is 10.9 Å². The van der Waals surface area contributed by atoms with E-state index in [1.807, 2.05) is 6.92 Å². The molecular formula is C13H17N3O3. The average molecular weight is 263 g/mol. The third-order valence-corrected chi connectivity index (χ3v) is 3.24. The predicted molar refractivity (Wildman–Crippen MR) is 69.5 cm³/mol. The van der Waals surface area contributed by atoms with Crippen LogP contribution in [0.2, 0.25) is 0 Å². The van der Waals surface area contributed by atoms with Crippen LogP contribution in [0.5, 0.6) is 0 Å². The molecule has 0 aromatic carbocycles. The van der Waals surface area contributed by atoms with Gasteiger partial charge in [0.15, 0.2) is 0 Å². The van der Waals surface area contributed by atoms with Crippen LogP contribution in [0.15, 0.2) is 29.2 Å². The summed E-state index contributed by atoms with van der Waals surface area (Å²) in [5.41, 5.74) is -0.135. The normalized spacial score (nSPS) is 19.8. The van der Waals surface area contributed by atoms with Crippen LogP contribution in [-0.4, -0.2) is 40.4 Å². The van der Waals surface area contributed by atoms with Crippen molar-refractivity contribution >= 4 is 11.8 Å². The fraction of sp³-hybridized carbons (Fsp3) is 0.462. The maximum absolute atomic E-state index is 12.0. The highest BCUT2D eigenvalue weighted by molar-refractivity contribution is 6.01. The number of carbonyl (C=O) groups is 2. The SMILES string of the molecule is CCC1NCC(=O)N(CCn2ccccc2=O)C1=O. The third kappa shape index (κ3) is 2.90. The van der Waals surface area contributed by atoms with Crippen LogP contribution in [0.3, 0.4) is 0 Å². The van der Waals surface area contributed by atoms with Crippen molar-refractivity contribution in [2.75, 3.05) is 13.1 Å². The lowest BCUT2D eigenvalue weighted by Crippen LogP contribution is -2.58. The molecular weight excluding hydrogens is 246 g/mol. The van der Waals surface area contributed by atoms with Gasteiger partial charge in [0.25, 0.3) is 5.56 Å². The smallest absolute Gasteiger partial charge is 0.250 e. The highest BCUT2D eigenvalue weighted by atomic mass is 16.2. The Morgan fingerprint density at radius 3 is 2.74 bits per heavy atom. The molecule has 1 N–H and O–H groups in total. The minimum Gasteiger partial charge on any atom is -0.314 e. The second-order valence-electron chi connectivity index (χ2n) is 4.46. The average Bonchev–Trinajstić information content (AvgIpc) is 2.40. The maximum atomic E-state index is 12.0. The van der Waals surface area contributed by atoms with Crippen molar-refractivity contribution in [2.45, 2.75) is 25.9 Å². The van der Waals surface area contributed by atoms with Gasteiger partial charge in [0, 0.05) is 25.4 Å². The van der Waals surface area contributed by atoms with E-state index in [0.717, 1.165) is 0 Å². The molecule has 1 unspecified atom stereocenters. The molecule has 102 valence electrons. The lowest BCUT2D eigenvalue weighted by atomic mass is 10.1. The molecule has 1 aliphatic heterocycles. The van der Waals surface area contributed by atoms with Crippen molar-refractivity contribution in [2.24, 2.45) is 0 Å². The number of hydrogen-bond donors (Lipinski definition) is 1. The molecule has 2 amide bonds. The lowest BCUT2D eigenvalue weighted by molar-refractivity contribution is -0.149. The highest BCUT2D eigenvalue weighted by Gasteiger charge is 2.32. The third-order valence-electron chi connectivity index (χ3n) is 3.24. The van der Waals surface area contributed by atoms with Crippen molar-refractivity contribution in [1.82, 2.24) is 14.8 Å². The number of amides is 2. The van der Waals surface area contributed by atoms with Gasteiger partial charge in [-0.15, -0.1) is 0 Å². The van der Waals surface area contributed by atoms with Crippen molar-refractivity contribution in [3.8, 4) is 0 Å². The molecule has 6 heteroatoms. The number of rotatable bonds is 4. The zero-order chi connectivity index (χ0) is 13.8. The van der Waals surface area contributed by atoms with Gasteiger partial charge in [-0.05, 0) is 12.5 Å². The first-order valence-electron chi connectivity index (χ1n) is 6.36. The fourth-order valence-electron chi connectivity index (χ4n) is 2.11. The largest absolute Gasteiger partial charge is 0.314 e. The molecule has 0 spiro atoms. The minimum absolute atomic E-state index is 0.135. The number of aromatic nitrogens is 1. The first-order chi connectivity index (χ1) is 9.13. The van der Waals surface area contributed by atoms with Gasteiger partial charge in [0.2, 0.25) is 11.8 Å². The summed E-state index contributed by atoms with van der Waals surface area (Å²) in [6.45, 7) is 2.63. The molecule has 1 aliphatic rings. The fourth-order valence-corrected chi connectivity index (χ4v) is 2.11. The monoisotopic (exact) mass is 263 g/mol. The molecule has 1 atom stereocenters. The van der Waals surface area contributed by atoms with Crippen molar-refractivity contribution in [1.29, 1.82) is 0 Å². The van der Waals surface area contributed by atoms with E-state index in [1.165, 1.54) is 15.5 Å². The van der Waals surface area contributed by atoms with E-state index in [2.05, 4.69) is 5.32 Å². The maximum Gasteiger partial charge on any atom is 0.250 e. The van der Waals surface area contributed by atoms with Gasteiger partial charge in [-0.25, -0.2) is 0 Å². The molecule has 0 saturated carbocycles. The summed E-state index contributed by atoms with van der Waals surface area (Å²) < 4.78 is 1.49. The molecule has 6 nitrogen and oxygen atoms in total. The topological polar surface area (TPSA) is 71.4 Å².